The summed E-state index contributed by atoms with van der Waals surface area (Å²) in [4.78, 5) is 0. The van der Waals surface area contributed by atoms with Crippen LogP contribution in [-0.4, -0.2) is 22.3 Å². The second kappa shape index (κ2) is 7.41. The molecule has 0 saturated heterocycles. The van der Waals surface area contributed by atoms with Crippen LogP contribution in [0.4, 0.5) is 0 Å². The van der Waals surface area contributed by atoms with E-state index in [0.29, 0.717) is 0 Å². The van der Waals surface area contributed by atoms with E-state index in [2.05, 4.69) is 20.8 Å². The molecule has 0 spiro atoms. The Balaban J connectivity index is 3.42. The average Bonchev–Trinajstić information content (AvgIpc) is 2.13. The first kappa shape index (κ1) is 14.1. The Morgan fingerprint density at radius 1 is 1.21 bits per heavy atom. The van der Waals surface area contributed by atoms with Crippen molar-refractivity contribution in [2.75, 3.05) is 18.1 Å². The van der Waals surface area contributed by atoms with Gasteiger partial charge < -0.3 is 5.73 Å². The molecule has 3 heteroatoms. The van der Waals surface area contributed by atoms with Gasteiger partial charge in [-0.2, -0.15) is 0 Å². The van der Waals surface area contributed by atoms with Gasteiger partial charge in [-0.15, -0.1) is 0 Å². The van der Waals surface area contributed by atoms with Gasteiger partial charge in [0.2, 0.25) is 0 Å². The number of hydrogen-bond donors (Lipinski definition) is 1. The van der Waals surface area contributed by atoms with Crippen LogP contribution in [-0.2, 0) is 10.8 Å². The summed E-state index contributed by atoms with van der Waals surface area (Å²) < 4.78 is 11.3. The van der Waals surface area contributed by atoms with Crippen molar-refractivity contribution in [2.45, 2.75) is 46.5 Å². The van der Waals surface area contributed by atoms with Gasteiger partial charge in [-0.3, -0.25) is 4.21 Å². The third-order valence-corrected chi connectivity index (χ3v) is 4.07. The molecule has 86 valence electrons. The molecule has 1 atom stereocenters. The van der Waals surface area contributed by atoms with Crippen molar-refractivity contribution in [3.05, 3.63) is 0 Å². The molecule has 0 heterocycles. The maximum absolute atomic E-state index is 11.3. The van der Waals surface area contributed by atoms with Crippen molar-refractivity contribution in [3.8, 4) is 0 Å². The summed E-state index contributed by atoms with van der Waals surface area (Å²) in [6.07, 6.45) is 4.41. The summed E-state index contributed by atoms with van der Waals surface area (Å²) in [7, 11) is -0.582. The van der Waals surface area contributed by atoms with E-state index in [9.17, 15) is 4.21 Å². The van der Waals surface area contributed by atoms with Crippen molar-refractivity contribution in [2.24, 2.45) is 11.1 Å². The molecule has 2 N–H and O–H groups in total. The molecule has 0 aromatic heterocycles. The molecule has 0 fully saturated rings. The minimum absolute atomic E-state index is 0.256. The predicted octanol–water partition coefficient (Wildman–Crippen LogP) is 2.30. The fraction of sp³-hybridized carbons (Fsp3) is 1.00. The highest BCUT2D eigenvalue weighted by Crippen LogP contribution is 2.21. The van der Waals surface area contributed by atoms with Crippen molar-refractivity contribution >= 4 is 10.8 Å². The van der Waals surface area contributed by atoms with Gasteiger partial charge in [0.15, 0.2) is 0 Å². The van der Waals surface area contributed by atoms with Gasteiger partial charge >= 0.3 is 0 Å². The molecule has 0 bridgehead atoms. The van der Waals surface area contributed by atoms with E-state index in [1.807, 2.05) is 0 Å². The lowest BCUT2D eigenvalue weighted by molar-refractivity contribution is 0.336. The highest BCUT2D eigenvalue weighted by atomic mass is 32.2. The van der Waals surface area contributed by atoms with Gasteiger partial charge in [-0.05, 0) is 31.2 Å². The smallest absolute Gasteiger partial charge is 0.0234 e. The molecule has 0 radical (unpaired) electrons. The molecule has 0 saturated carbocycles. The Kier molecular flexibility index (Phi) is 7.47. The van der Waals surface area contributed by atoms with Gasteiger partial charge in [0.05, 0.1) is 0 Å². The maximum atomic E-state index is 11.3. The lowest BCUT2D eigenvalue weighted by atomic mass is 9.88. The Morgan fingerprint density at radius 2 is 1.86 bits per heavy atom. The fourth-order valence-corrected chi connectivity index (χ4v) is 2.48. The predicted molar refractivity (Wildman–Crippen MR) is 64.9 cm³/mol. The Morgan fingerprint density at radius 3 is 2.36 bits per heavy atom. The maximum Gasteiger partial charge on any atom is 0.0234 e. The van der Waals surface area contributed by atoms with Crippen molar-refractivity contribution in [1.29, 1.82) is 0 Å². The normalized spacial score (nSPS) is 14.3. The van der Waals surface area contributed by atoms with Crippen LogP contribution < -0.4 is 5.73 Å². The largest absolute Gasteiger partial charge is 0.330 e. The minimum atomic E-state index is -0.582. The van der Waals surface area contributed by atoms with E-state index in [-0.39, 0.29) is 5.41 Å². The number of unbranched alkanes of at least 4 members (excludes halogenated alkanes) is 1. The molecule has 0 aromatic rings. The van der Waals surface area contributed by atoms with Crippen LogP contribution in [0, 0.1) is 5.41 Å². The topological polar surface area (TPSA) is 43.1 Å². The Labute approximate surface area is 91.1 Å². The van der Waals surface area contributed by atoms with E-state index in [0.717, 1.165) is 43.7 Å². The highest BCUT2D eigenvalue weighted by molar-refractivity contribution is 7.84. The lowest BCUT2D eigenvalue weighted by Crippen LogP contribution is -2.23. The summed E-state index contributed by atoms with van der Waals surface area (Å²) in [5.74, 6) is 1.73. The SMILES string of the molecule is CCCS(=O)CCCCC(C)(C)CN. The van der Waals surface area contributed by atoms with Crippen LogP contribution in [0.25, 0.3) is 0 Å². The summed E-state index contributed by atoms with van der Waals surface area (Å²) in [5.41, 5.74) is 5.89. The standard InChI is InChI=1S/C11H25NOS/c1-4-8-14(13)9-6-5-7-11(2,3)10-12/h4-10,12H2,1-3H3. The average molecular weight is 219 g/mol. The van der Waals surface area contributed by atoms with Crippen LogP contribution in [0.15, 0.2) is 0 Å². The molecule has 0 aliphatic heterocycles. The van der Waals surface area contributed by atoms with E-state index >= 15 is 0 Å². The lowest BCUT2D eigenvalue weighted by Gasteiger charge is -2.21. The molecule has 0 rings (SSSR count). The Bertz CT molecular complexity index is 169. The molecular formula is C11H25NOS. The second-order valence-electron chi connectivity index (χ2n) is 4.67. The number of hydrogen-bond acceptors (Lipinski definition) is 2. The van der Waals surface area contributed by atoms with Gasteiger partial charge in [0.25, 0.3) is 0 Å². The minimum Gasteiger partial charge on any atom is -0.330 e. The summed E-state index contributed by atoms with van der Waals surface area (Å²) in [6, 6.07) is 0. The third-order valence-electron chi connectivity index (χ3n) is 2.46. The van der Waals surface area contributed by atoms with Crippen molar-refractivity contribution in [3.63, 3.8) is 0 Å². The van der Waals surface area contributed by atoms with Crippen molar-refractivity contribution < 1.29 is 4.21 Å². The van der Waals surface area contributed by atoms with Crippen LogP contribution in [0.1, 0.15) is 46.5 Å². The van der Waals surface area contributed by atoms with Crippen LogP contribution in [0.5, 0.6) is 0 Å². The fourth-order valence-electron chi connectivity index (χ4n) is 1.30. The number of nitrogens with two attached hydrogens (primary N) is 1. The molecule has 0 aliphatic carbocycles. The zero-order valence-corrected chi connectivity index (χ0v) is 10.7. The van der Waals surface area contributed by atoms with Gasteiger partial charge in [-0.25, -0.2) is 0 Å². The Hall–Kier alpha value is 0.110. The third kappa shape index (κ3) is 7.51. The van der Waals surface area contributed by atoms with E-state index in [4.69, 9.17) is 5.73 Å². The van der Waals surface area contributed by atoms with Gasteiger partial charge in [0.1, 0.15) is 0 Å². The van der Waals surface area contributed by atoms with E-state index < -0.39 is 10.8 Å². The van der Waals surface area contributed by atoms with Gasteiger partial charge in [-0.1, -0.05) is 27.2 Å². The van der Waals surface area contributed by atoms with E-state index in [1.165, 1.54) is 0 Å². The highest BCUT2D eigenvalue weighted by Gasteiger charge is 2.14. The first-order chi connectivity index (χ1) is 6.52. The first-order valence-electron chi connectivity index (χ1n) is 5.57. The van der Waals surface area contributed by atoms with Crippen LogP contribution >= 0.6 is 0 Å². The van der Waals surface area contributed by atoms with Crippen LogP contribution in [0.3, 0.4) is 0 Å². The monoisotopic (exact) mass is 219 g/mol. The molecule has 0 aliphatic rings. The molecule has 2 nitrogen and oxygen atoms in total. The first-order valence-corrected chi connectivity index (χ1v) is 7.05. The van der Waals surface area contributed by atoms with Crippen molar-refractivity contribution in [1.82, 2.24) is 0 Å². The molecule has 0 amide bonds. The van der Waals surface area contributed by atoms with Crippen LogP contribution in [0.2, 0.25) is 0 Å². The zero-order valence-electron chi connectivity index (χ0n) is 9.84. The van der Waals surface area contributed by atoms with Gasteiger partial charge in [0, 0.05) is 22.3 Å². The molecule has 1 unspecified atom stereocenters. The van der Waals surface area contributed by atoms with E-state index in [1.54, 1.807) is 0 Å². The molecule has 0 aromatic carbocycles. The summed E-state index contributed by atoms with van der Waals surface area (Å²) in [6.45, 7) is 7.20. The zero-order chi connectivity index (χ0) is 11.0. The molecule has 14 heavy (non-hydrogen) atoms. The summed E-state index contributed by atoms with van der Waals surface area (Å²) in [5, 5.41) is 0. The summed E-state index contributed by atoms with van der Waals surface area (Å²) >= 11 is 0. The second-order valence-corrected chi connectivity index (χ2v) is 6.37. The number of rotatable bonds is 8. The molecular weight excluding hydrogens is 194 g/mol. The quantitative estimate of drug-likeness (QED) is 0.637.